The summed E-state index contributed by atoms with van der Waals surface area (Å²) in [6.45, 7) is 4.78. The second-order valence-electron chi connectivity index (χ2n) is 5.81. The van der Waals surface area contributed by atoms with Gasteiger partial charge in [-0.1, -0.05) is 0 Å². The molecule has 1 aliphatic heterocycles. The molecule has 2 rings (SSSR count). The Morgan fingerprint density at radius 1 is 1.36 bits per heavy atom. The monoisotopic (exact) mass is 457 g/mol. The molecular weight excluding hydrogens is 434 g/mol. The van der Waals surface area contributed by atoms with E-state index in [-0.39, 0.29) is 25.7 Å². The number of halogens is 1. The first-order valence-corrected chi connectivity index (χ1v) is 9.60. The first-order valence-electron chi connectivity index (χ1n) is 8.81. The van der Waals surface area contributed by atoms with Gasteiger partial charge in [0.05, 0.1) is 44.2 Å². The summed E-state index contributed by atoms with van der Waals surface area (Å²) in [7, 11) is 1.49. The molecule has 10 heteroatoms. The molecule has 0 aromatic heterocycles. The Hall–Kier alpha value is -2.17. The molecule has 28 heavy (non-hydrogen) atoms. The highest BCUT2D eigenvalue weighted by Crippen LogP contribution is 2.36. The summed E-state index contributed by atoms with van der Waals surface area (Å²) in [5, 5.41) is 3.98. The Morgan fingerprint density at radius 3 is 2.79 bits per heavy atom. The number of esters is 1. The molecule has 1 N–H and O–H groups in total. The third-order valence-electron chi connectivity index (χ3n) is 3.77. The lowest BCUT2D eigenvalue weighted by Crippen LogP contribution is -2.42. The predicted octanol–water partition coefficient (Wildman–Crippen LogP) is 1.18. The van der Waals surface area contributed by atoms with Crippen molar-refractivity contribution in [1.29, 1.82) is 0 Å². The van der Waals surface area contributed by atoms with E-state index in [1.54, 1.807) is 19.1 Å². The SMILES string of the molecule is CCOC(=O)COc1c(Br)cc(C=NNC(=O)CN2CCOCC2)cc1OC. The van der Waals surface area contributed by atoms with Crippen molar-refractivity contribution < 1.29 is 28.5 Å². The fraction of sp³-hybridized carbons (Fsp3) is 0.500. The van der Waals surface area contributed by atoms with E-state index in [0.29, 0.717) is 34.7 Å². The maximum atomic E-state index is 11.9. The average Bonchev–Trinajstić information content (AvgIpc) is 2.67. The smallest absolute Gasteiger partial charge is 0.344 e. The lowest BCUT2D eigenvalue weighted by Gasteiger charge is -2.25. The number of hydrogen-bond acceptors (Lipinski definition) is 8. The van der Waals surface area contributed by atoms with E-state index in [1.165, 1.54) is 13.3 Å². The highest BCUT2D eigenvalue weighted by molar-refractivity contribution is 9.10. The van der Waals surface area contributed by atoms with Gasteiger partial charge in [0.1, 0.15) is 0 Å². The standard InChI is InChI=1S/C18H24BrN3O6/c1-3-27-17(24)12-28-18-14(19)8-13(9-15(18)25-2)10-20-21-16(23)11-22-4-6-26-7-5-22/h8-10H,3-7,11-12H2,1-2H3,(H,21,23). The third-order valence-corrected chi connectivity index (χ3v) is 4.35. The number of hydrogen-bond donors (Lipinski definition) is 1. The van der Waals surface area contributed by atoms with Crippen LogP contribution in [0.25, 0.3) is 0 Å². The first-order chi connectivity index (χ1) is 13.5. The quantitative estimate of drug-likeness (QED) is 0.337. The number of methoxy groups -OCH3 is 1. The molecular formula is C18H24BrN3O6. The number of amides is 1. The van der Waals surface area contributed by atoms with Crippen LogP contribution >= 0.6 is 15.9 Å². The molecule has 0 aliphatic carbocycles. The maximum Gasteiger partial charge on any atom is 0.344 e. The number of carbonyl (C=O) groups excluding carboxylic acids is 2. The highest BCUT2D eigenvalue weighted by atomic mass is 79.9. The van der Waals surface area contributed by atoms with Crippen LogP contribution in [0.3, 0.4) is 0 Å². The summed E-state index contributed by atoms with van der Waals surface area (Å²) in [6, 6.07) is 3.42. The summed E-state index contributed by atoms with van der Waals surface area (Å²) >= 11 is 3.39. The van der Waals surface area contributed by atoms with E-state index in [1.807, 2.05) is 4.90 Å². The molecule has 154 valence electrons. The number of hydrazone groups is 1. The summed E-state index contributed by atoms with van der Waals surface area (Å²) in [5.74, 6) is 0.132. The van der Waals surface area contributed by atoms with Crippen molar-refractivity contribution in [2.75, 3.05) is 53.2 Å². The zero-order valence-corrected chi connectivity index (χ0v) is 17.5. The fourth-order valence-corrected chi connectivity index (χ4v) is 3.04. The van der Waals surface area contributed by atoms with Crippen LogP contribution < -0.4 is 14.9 Å². The number of benzene rings is 1. The molecule has 9 nitrogen and oxygen atoms in total. The summed E-state index contributed by atoms with van der Waals surface area (Å²) in [6.07, 6.45) is 1.50. The molecule has 0 saturated carbocycles. The lowest BCUT2D eigenvalue weighted by atomic mass is 10.2. The number of nitrogens with zero attached hydrogens (tertiary/aromatic N) is 2. The van der Waals surface area contributed by atoms with E-state index in [4.69, 9.17) is 18.9 Å². The Kier molecular flexibility index (Phi) is 9.18. The summed E-state index contributed by atoms with van der Waals surface area (Å²) < 4.78 is 21.5. The third kappa shape index (κ3) is 7.10. The molecule has 1 aliphatic rings. The van der Waals surface area contributed by atoms with E-state index < -0.39 is 5.97 Å². The van der Waals surface area contributed by atoms with Crippen molar-refractivity contribution in [2.45, 2.75) is 6.92 Å². The van der Waals surface area contributed by atoms with Crippen LogP contribution in [0.1, 0.15) is 12.5 Å². The van der Waals surface area contributed by atoms with Crippen LogP contribution in [0.5, 0.6) is 11.5 Å². The minimum Gasteiger partial charge on any atom is -0.493 e. The van der Waals surface area contributed by atoms with Gasteiger partial charge in [0.15, 0.2) is 18.1 Å². The Morgan fingerprint density at radius 2 is 2.11 bits per heavy atom. The van der Waals surface area contributed by atoms with Crippen LogP contribution in [0.2, 0.25) is 0 Å². The van der Waals surface area contributed by atoms with Crippen LogP contribution in [0.4, 0.5) is 0 Å². The van der Waals surface area contributed by atoms with Crippen LogP contribution in [-0.4, -0.2) is 76.2 Å². The molecule has 0 atom stereocenters. The average molecular weight is 458 g/mol. The fourth-order valence-electron chi connectivity index (χ4n) is 2.46. The second-order valence-corrected chi connectivity index (χ2v) is 6.66. The Balaban J connectivity index is 1.93. The van der Waals surface area contributed by atoms with Crippen LogP contribution in [0.15, 0.2) is 21.7 Å². The zero-order chi connectivity index (χ0) is 20.4. The molecule has 1 heterocycles. The molecule has 1 aromatic rings. The topological polar surface area (TPSA) is 98.7 Å². The van der Waals surface area contributed by atoms with Gasteiger partial charge in [-0.3, -0.25) is 9.69 Å². The van der Waals surface area contributed by atoms with Crippen LogP contribution in [0, 0.1) is 0 Å². The van der Waals surface area contributed by atoms with Gasteiger partial charge in [0.25, 0.3) is 5.91 Å². The Labute approximate surface area is 172 Å². The highest BCUT2D eigenvalue weighted by Gasteiger charge is 2.15. The van der Waals surface area contributed by atoms with Crippen LogP contribution in [-0.2, 0) is 19.1 Å². The summed E-state index contributed by atoms with van der Waals surface area (Å²) in [5.41, 5.74) is 3.18. The van der Waals surface area contributed by atoms with Crippen molar-refractivity contribution in [3.05, 3.63) is 22.2 Å². The van der Waals surface area contributed by atoms with Gasteiger partial charge in [-0.2, -0.15) is 5.10 Å². The van der Waals surface area contributed by atoms with Gasteiger partial charge in [-0.25, -0.2) is 10.2 Å². The number of carbonyl (C=O) groups is 2. The van der Waals surface area contributed by atoms with Gasteiger partial charge >= 0.3 is 5.97 Å². The Bertz CT molecular complexity index is 707. The molecule has 1 fully saturated rings. The zero-order valence-electron chi connectivity index (χ0n) is 15.9. The van der Waals surface area contributed by atoms with Gasteiger partial charge in [0.2, 0.25) is 0 Å². The first kappa shape index (κ1) is 22.1. The van der Waals surface area contributed by atoms with Crippen molar-refractivity contribution in [3.8, 4) is 11.5 Å². The molecule has 0 unspecified atom stereocenters. The number of ether oxygens (including phenoxy) is 4. The number of nitrogens with one attached hydrogen (secondary N) is 1. The number of morpholine rings is 1. The van der Waals surface area contributed by atoms with E-state index in [0.717, 1.165) is 13.1 Å². The van der Waals surface area contributed by atoms with E-state index in [9.17, 15) is 9.59 Å². The van der Waals surface area contributed by atoms with E-state index >= 15 is 0 Å². The summed E-state index contributed by atoms with van der Waals surface area (Å²) in [4.78, 5) is 25.4. The van der Waals surface area contributed by atoms with Crippen molar-refractivity contribution in [2.24, 2.45) is 5.10 Å². The molecule has 0 radical (unpaired) electrons. The largest absolute Gasteiger partial charge is 0.493 e. The van der Waals surface area contributed by atoms with Gasteiger partial charge in [-0.15, -0.1) is 0 Å². The molecule has 0 spiro atoms. The predicted molar refractivity (Wildman–Crippen MR) is 106 cm³/mol. The molecule has 1 aromatic carbocycles. The number of rotatable bonds is 9. The maximum absolute atomic E-state index is 11.9. The minimum atomic E-state index is -0.468. The second kappa shape index (κ2) is 11.6. The normalized spacial score (nSPS) is 14.7. The lowest BCUT2D eigenvalue weighted by molar-refractivity contribution is -0.145. The molecule has 1 saturated heterocycles. The van der Waals surface area contributed by atoms with Crippen molar-refractivity contribution >= 4 is 34.0 Å². The minimum absolute atomic E-state index is 0.196. The van der Waals surface area contributed by atoms with Gasteiger partial charge in [0, 0.05) is 13.1 Å². The van der Waals surface area contributed by atoms with E-state index in [2.05, 4.69) is 26.5 Å². The van der Waals surface area contributed by atoms with Gasteiger partial charge in [-0.05, 0) is 40.5 Å². The van der Waals surface area contributed by atoms with Gasteiger partial charge < -0.3 is 18.9 Å². The molecule has 0 bridgehead atoms. The van der Waals surface area contributed by atoms with Crippen molar-refractivity contribution in [1.82, 2.24) is 10.3 Å². The molecule has 1 amide bonds. The van der Waals surface area contributed by atoms with Crippen molar-refractivity contribution in [3.63, 3.8) is 0 Å².